The number of pyridine rings is 1. The number of carbonyl (C=O) groups is 1. The van der Waals surface area contributed by atoms with Crippen molar-refractivity contribution < 1.29 is 22.7 Å². The lowest BCUT2D eigenvalue weighted by Gasteiger charge is -2.50. The first-order valence-corrected chi connectivity index (χ1v) is 9.23. The molecule has 9 heteroatoms. The summed E-state index contributed by atoms with van der Waals surface area (Å²) < 4.78 is 44.9. The summed E-state index contributed by atoms with van der Waals surface area (Å²) in [5, 5.41) is 0. The molecule has 27 heavy (non-hydrogen) atoms. The van der Waals surface area contributed by atoms with E-state index in [4.69, 9.17) is 4.74 Å². The number of fused-ring (bicyclic) bond motifs is 3. The predicted octanol–water partition coefficient (Wildman–Crippen LogP) is 1.84. The van der Waals surface area contributed by atoms with Crippen LogP contribution in [0.2, 0.25) is 0 Å². The number of alkyl halides is 3. The number of halogens is 3. The monoisotopic (exact) mass is 384 g/mol. The van der Waals surface area contributed by atoms with Gasteiger partial charge in [0, 0.05) is 30.4 Å². The van der Waals surface area contributed by atoms with E-state index in [1.165, 1.54) is 7.11 Å². The van der Waals surface area contributed by atoms with Gasteiger partial charge in [-0.25, -0.2) is 4.98 Å². The Balaban J connectivity index is 1.64. The van der Waals surface area contributed by atoms with E-state index >= 15 is 0 Å². The highest BCUT2D eigenvalue weighted by Gasteiger charge is 2.54. The van der Waals surface area contributed by atoms with Gasteiger partial charge in [-0.3, -0.25) is 15.6 Å². The van der Waals surface area contributed by atoms with Gasteiger partial charge in [-0.15, -0.1) is 0 Å². The molecule has 2 aliphatic heterocycles. The minimum Gasteiger partial charge on any atom is -0.481 e. The maximum absolute atomic E-state index is 13.2. The lowest BCUT2D eigenvalue weighted by Crippen LogP contribution is -2.63. The summed E-state index contributed by atoms with van der Waals surface area (Å²) in [7, 11) is 1.54. The summed E-state index contributed by atoms with van der Waals surface area (Å²) >= 11 is 0. The first kappa shape index (κ1) is 18.5. The number of carbonyl (C=O) groups excluding carboxylic acids is 1. The molecule has 148 valence electrons. The molecule has 1 aromatic rings. The Morgan fingerprint density at radius 1 is 1.37 bits per heavy atom. The normalized spacial score (nSPS) is 33.6. The molecule has 1 saturated carbocycles. The molecular formula is C18H23F3N4O2. The van der Waals surface area contributed by atoms with Gasteiger partial charge in [-0.1, -0.05) is 6.07 Å². The lowest BCUT2D eigenvalue weighted by atomic mass is 9.67. The first-order chi connectivity index (χ1) is 12.9. The van der Waals surface area contributed by atoms with E-state index < -0.39 is 30.6 Å². The minimum absolute atomic E-state index is 0.00367. The summed E-state index contributed by atoms with van der Waals surface area (Å²) in [6.07, 6.45) is -0.704. The number of likely N-dealkylation sites (tertiary alicyclic amines) is 1. The fraction of sp³-hybridized carbons (Fsp3) is 0.667. The van der Waals surface area contributed by atoms with Crippen molar-refractivity contribution in [2.45, 2.75) is 43.4 Å². The van der Waals surface area contributed by atoms with E-state index in [0.29, 0.717) is 18.8 Å². The van der Waals surface area contributed by atoms with Gasteiger partial charge in [0.2, 0.25) is 11.8 Å². The van der Waals surface area contributed by atoms with E-state index in [1.807, 2.05) is 12.1 Å². The molecule has 2 saturated heterocycles. The molecule has 5 atom stereocenters. The second-order valence-corrected chi connectivity index (χ2v) is 7.58. The van der Waals surface area contributed by atoms with Gasteiger partial charge in [0.1, 0.15) is 6.54 Å². The molecule has 0 aromatic carbocycles. The molecule has 0 radical (unpaired) electrons. The molecule has 4 rings (SSSR count). The van der Waals surface area contributed by atoms with Crippen molar-refractivity contribution in [3.8, 4) is 5.88 Å². The molecule has 3 heterocycles. The van der Waals surface area contributed by atoms with E-state index in [1.54, 1.807) is 6.20 Å². The largest absolute Gasteiger partial charge is 0.481 e. The smallest absolute Gasteiger partial charge is 0.406 e. The number of nitrogens with zero attached hydrogens (tertiary/aromatic N) is 2. The highest BCUT2D eigenvalue weighted by molar-refractivity contribution is 5.82. The van der Waals surface area contributed by atoms with Gasteiger partial charge in [-0.2, -0.15) is 13.2 Å². The Kier molecular flexibility index (Phi) is 4.75. The molecule has 2 N–H and O–H groups in total. The van der Waals surface area contributed by atoms with Crippen LogP contribution in [0.5, 0.6) is 5.88 Å². The first-order valence-electron chi connectivity index (χ1n) is 9.23. The molecule has 1 aliphatic carbocycles. The second kappa shape index (κ2) is 6.94. The third-order valence-electron chi connectivity index (χ3n) is 6.14. The van der Waals surface area contributed by atoms with Crippen molar-refractivity contribution in [1.82, 2.24) is 20.7 Å². The standard InChI is InChI=1S/C18H23F3N4O2/c1-27-16-11(3-2-6-22-16)10-4-5-12-14(7-10)25(9-18(19,20)21)17(26)13-8-23-24-15(12)13/h2-3,6,10,12-15,23-24H,4-5,7-9H2,1H3. The quantitative estimate of drug-likeness (QED) is 0.833. The summed E-state index contributed by atoms with van der Waals surface area (Å²) in [4.78, 5) is 18.1. The van der Waals surface area contributed by atoms with Gasteiger partial charge in [0.25, 0.3) is 0 Å². The van der Waals surface area contributed by atoms with Crippen LogP contribution in [0.1, 0.15) is 30.7 Å². The number of amides is 1. The Morgan fingerprint density at radius 3 is 2.93 bits per heavy atom. The van der Waals surface area contributed by atoms with Crippen LogP contribution in [0.15, 0.2) is 18.3 Å². The Labute approximate surface area is 155 Å². The Bertz CT molecular complexity index is 714. The van der Waals surface area contributed by atoms with Crippen LogP contribution in [-0.4, -0.2) is 54.3 Å². The average molecular weight is 384 g/mol. The molecule has 6 nitrogen and oxygen atoms in total. The van der Waals surface area contributed by atoms with Crippen LogP contribution in [0.4, 0.5) is 13.2 Å². The minimum atomic E-state index is -4.41. The molecule has 1 amide bonds. The molecule has 1 aromatic heterocycles. The Morgan fingerprint density at radius 2 is 2.19 bits per heavy atom. The second-order valence-electron chi connectivity index (χ2n) is 7.58. The third kappa shape index (κ3) is 3.38. The fourth-order valence-corrected chi connectivity index (χ4v) is 5.04. The highest BCUT2D eigenvalue weighted by Crippen LogP contribution is 2.46. The van der Waals surface area contributed by atoms with Gasteiger partial charge < -0.3 is 9.64 Å². The molecule has 5 unspecified atom stereocenters. The number of methoxy groups -OCH3 is 1. The van der Waals surface area contributed by atoms with Crippen LogP contribution < -0.4 is 15.6 Å². The number of ether oxygens (including phenoxy) is 1. The zero-order chi connectivity index (χ0) is 19.2. The van der Waals surface area contributed by atoms with Crippen molar-refractivity contribution in [3.05, 3.63) is 23.9 Å². The van der Waals surface area contributed by atoms with Gasteiger partial charge in [0.05, 0.1) is 13.0 Å². The van der Waals surface area contributed by atoms with Crippen molar-refractivity contribution in [2.75, 3.05) is 20.2 Å². The average Bonchev–Trinajstić information content (AvgIpc) is 3.14. The van der Waals surface area contributed by atoms with E-state index in [9.17, 15) is 18.0 Å². The van der Waals surface area contributed by atoms with Crippen LogP contribution >= 0.6 is 0 Å². The molecule has 0 bridgehead atoms. The Hall–Kier alpha value is -1.87. The fourth-order valence-electron chi connectivity index (χ4n) is 5.04. The summed E-state index contributed by atoms with van der Waals surface area (Å²) in [5.41, 5.74) is 7.00. The molecule has 3 aliphatic rings. The summed E-state index contributed by atoms with van der Waals surface area (Å²) in [6.45, 7) is -0.811. The van der Waals surface area contributed by atoms with Crippen LogP contribution in [0, 0.1) is 11.8 Å². The predicted molar refractivity (Wildman–Crippen MR) is 90.8 cm³/mol. The summed E-state index contributed by atoms with van der Waals surface area (Å²) in [5.74, 6) is -0.315. The number of hydrogen-bond donors (Lipinski definition) is 2. The summed E-state index contributed by atoms with van der Waals surface area (Å²) in [6, 6.07) is 3.16. The maximum atomic E-state index is 13.2. The molecule has 3 fully saturated rings. The SMILES string of the molecule is COc1ncccc1C1CCC2C3NNCC3C(=O)N(CC(F)(F)F)C2C1. The lowest BCUT2D eigenvalue weighted by molar-refractivity contribution is -0.178. The number of hydrogen-bond acceptors (Lipinski definition) is 5. The van der Waals surface area contributed by atoms with Gasteiger partial charge in [0.15, 0.2) is 0 Å². The van der Waals surface area contributed by atoms with Crippen molar-refractivity contribution in [3.63, 3.8) is 0 Å². The zero-order valence-electron chi connectivity index (χ0n) is 15.0. The van der Waals surface area contributed by atoms with Crippen molar-refractivity contribution in [2.24, 2.45) is 11.8 Å². The van der Waals surface area contributed by atoms with Gasteiger partial charge in [-0.05, 0) is 37.2 Å². The van der Waals surface area contributed by atoms with Crippen LogP contribution in [-0.2, 0) is 4.79 Å². The van der Waals surface area contributed by atoms with E-state index in [0.717, 1.165) is 23.3 Å². The number of aromatic nitrogens is 1. The number of rotatable bonds is 3. The van der Waals surface area contributed by atoms with E-state index in [2.05, 4.69) is 15.8 Å². The van der Waals surface area contributed by atoms with Crippen molar-refractivity contribution >= 4 is 5.91 Å². The number of piperidine rings is 1. The van der Waals surface area contributed by atoms with Gasteiger partial charge >= 0.3 is 6.18 Å². The van der Waals surface area contributed by atoms with Crippen LogP contribution in [0.25, 0.3) is 0 Å². The maximum Gasteiger partial charge on any atom is 0.406 e. The zero-order valence-corrected chi connectivity index (χ0v) is 15.0. The number of hydrazine groups is 1. The number of nitrogens with one attached hydrogen (secondary N) is 2. The molecule has 0 spiro atoms. The molecular weight excluding hydrogens is 361 g/mol. The van der Waals surface area contributed by atoms with E-state index in [-0.39, 0.29) is 17.9 Å². The van der Waals surface area contributed by atoms with Crippen molar-refractivity contribution in [1.29, 1.82) is 0 Å². The van der Waals surface area contributed by atoms with Crippen LogP contribution in [0.3, 0.4) is 0 Å². The third-order valence-corrected chi connectivity index (χ3v) is 6.14. The topological polar surface area (TPSA) is 66.5 Å². The highest BCUT2D eigenvalue weighted by atomic mass is 19.4.